The van der Waals surface area contributed by atoms with Crippen molar-refractivity contribution in [3.05, 3.63) is 76.9 Å². The zero-order valence-electron chi connectivity index (χ0n) is 19.0. The lowest BCUT2D eigenvalue weighted by Crippen LogP contribution is -2.47. The number of hydrogen-bond donors (Lipinski definition) is 0. The molecule has 3 aromatic rings. The zero-order valence-corrected chi connectivity index (χ0v) is 19.0. The maximum Gasteiger partial charge on any atom is 0.259 e. The van der Waals surface area contributed by atoms with Crippen molar-refractivity contribution in [1.29, 1.82) is 0 Å². The molecule has 1 unspecified atom stereocenters. The maximum absolute atomic E-state index is 13.7. The number of rotatable bonds is 3. The Balaban J connectivity index is 1.58. The largest absolute Gasteiger partial charge is 0.340 e. The minimum atomic E-state index is -0.297. The highest BCUT2D eigenvalue weighted by Crippen LogP contribution is 2.43. The smallest absolute Gasteiger partial charge is 0.259 e. The standard InChI is InChI=1S/C27H29N3O2/c1-18-15-22-23(16-19(18)2)27(32)30(24-10-6-8-20-7-4-5-9-21(20)24)25(22)17-26(31)29-13-11-28(3)12-14-29/h4-10,15-16,25H,11-14,17H2,1-3H3. The number of nitrogens with zero attached hydrogens (tertiary/aromatic N) is 3. The van der Waals surface area contributed by atoms with Crippen LogP contribution in [0.5, 0.6) is 0 Å². The van der Waals surface area contributed by atoms with Crippen molar-refractivity contribution in [3.8, 4) is 0 Å². The van der Waals surface area contributed by atoms with Gasteiger partial charge in [-0.2, -0.15) is 0 Å². The van der Waals surface area contributed by atoms with Crippen LogP contribution < -0.4 is 4.90 Å². The van der Waals surface area contributed by atoms with Crippen LogP contribution in [0.25, 0.3) is 10.8 Å². The first kappa shape index (κ1) is 20.7. The lowest BCUT2D eigenvalue weighted by molar-refractivity contribution is -0.133. The lowest BCUT2D eigenvalue weighted by Gasteiger charge is -2.34. The number of carbonyl (C=O) groups is 2. The molecule has 1 atom stereocenters. The third-order valence-corrected chi connectivity index (χ3v) is 7.04. The van der Waals surface area contributed by atoms with Gasteiger partial charge in [0.05, 0.1) is 18.2 Å². The number of anilines is 1. The summed E-state index contributed by atoms with van der Waals surface area (Å²) in [5.74, 6) is 0.0999. The minimum absolute atomic E-state index is 0.0179. The van der Waals surface area contributed by atoms with Crippen LogP contribution in [0.1, 0.15) is 39.5 Å². The molecule has 164 valence electrons. The van der Waals surface area contributed by atoms with Gasteiger partial charge < -0.3 is 9.80 Å². The molecule has 2 heterocycles. The van der Waals surface area contributed by atoms with Gasteiger partial charge in [0.1, 0.15) is 0 Å². The number of aryl methyl sites for hydroxylation is 2. The first-order valence-corrected chi connectivity index (χ1v) is 11.3. The number of fused-ring (bicyclic) bond motifs is 2. The third kappa shape index (κ3) is 3.47. The third-order valence-electron chi connectivity index (χ3n) is 7.04. The molecule has 1 saturated heterocycles. The van der Waals surface area contributed by atoms with Crippen molar-refractivity contribution in [2.75, 3.05) is 38.1 Å². The van der Waals surface area contributed by atoms with Gasteiger partial charge in [-0.05, 0) is 55.1 Å². The lowest BCUT2D eigenvalue weighted by atomic mass is 9.96. The molecule has 0 spiro atoms. The van der Waals surface area contributed by atoms with Gasteiger partial charge >= 0.3 is 0 Å². The Labute approximate surface area is 189 Å². The van der Waals surface area contributed by atoms with E-state index in [4.69, 9.17) is 0 Å². The Kier molecular flexibility index (Phi) is 5.22. The van der Waals surface area contributed by atoms with Crippen LogP contribution in [0.3, 0.4) is 0 Å². The normalized spacial score (nSPS) is 19.0. The van der Waals surface area contributed by atoms with Gasteiger partial charge in [-0.25, -0.2) is 0 Å². The highest BCUT2D eigenvalue weighted by molar-refractivity contribution is 6.15. The molecular formula is C27H29N3O2. The molecule has 0 bridgehead atoms. The zero-order chi connectivity index (χ0) is 22.4. The van der Waals surface area contributed by atoms with Crippen molar-refractivity contribution in [2.45, 2.75) is 26.3 Å². The highest BCUT2D eigenvalue weighted by Gasteiger charge is 2.40. The Hall–Kier alpha value is -3.18. The van der Waals surface area contributed by atoms with E-state index in [-0.39, 0.29) is 17.9 Å². The summed E-state index contributed by atoms with van der Waals surface area (Å²) in [7, 11) is 2.08. The summed E-state index contributed by atoms with van der Waals surface area (Å²) < 4.78 is 0. The van der Waals surface area contributed by atoms with Crippen LogP contribution in [0.4, 0.5) is 5.69 Å². The van der Waals surface area contributed by atoms with Crippen molar-refractivity contribution in [3.63, 3.8) is 0 Å². The molecule has 5 heteroatoms. The van der Waals surface area contributed by atoms with E-state index < -0.39 is 0 Å². The summed E-state index contributed by atoms with van der Waals surface area (Å²) in [5.41, 5.74) is 4.80. The van der Waals surface area contributed by atoms with Crippen LogP contribution in [0.2, 0.25) is 0 Å². The summed E-state index contributed by atoms with van der Waals surface area (Å²) in [6.45, 7) is 7.36. The fourth-order valence-corrected chi connectivity index (χ4v) is 4.96. The van der Waals surface area contributed by atoms with Crippen molar-refractivity contribution in [1.82, 2.24) is 9.80 Å². The van der Waals surface area contributed by atoms with Gasteiger partial charge in [-0.1, -0.05) is 42.5 Å². The van der Waals surface area contributed by atoms with Crippen molar-refractivity contribution in [2.24, 2.45) is 0 Å². The molecule has 2 amide bonds. The van der Waals surface area contributed by atoms with Crippen LogP contribution in [0.15, 0.2) is 54.6 Å². The van der Waals surface area contributed by atoms with Gasteiger partial charge in [-0.3, -0.25) is 14.5 Å². The maximum atomic E-state index is 13.7. The van der Waals surface area contributed by atoms with E-state index in [1.807, 2.05) is 47.1 Å². The second kappa shape index (κ2) is 8.06. The number of hydrogen-bond acceptors (Lipinski definition) is 3. The predicted molar refractivity (Wildman–Crippen MR) is 128 cm³/mol. The Bertz CT molecular complexity index is 1210. The first-order valence-electron chi connectivity index (χ1n) is 11.3. The fourth-order valence-electron chi connectivity index (χ4n) is 4.96. The molecule has 5 rings (SSSR count). The highest BCUT2D eigenvalue weighted by atomic mass is 16.2. The molecule has 3 aromatic carbocycles. The average Bonchev–Trinajstić information content (AvgIpc) is 3.04. The number of likely N-dealkylation sites (N-methyl/N-ethyl adjacent to an activating group) is 1. The van der Waals surface area contributed by atoms with Crippen molar-refractivity contribution < 1.29 is 9.59 Å². The van der Waals surface area contributed by atoms with E-state index in [0.717, 1.165) is 64.9 Å². The Morgan fingerprint density at radius 2 is 1.62 bits per heavy atom. The molecule has 2 aliphatic rings. The van der Waals surface area contributed by atoms with Gasteiger partial charge in [0.25, 0.3) is 5.91 Å². The van der Waals surface area contributed by atoms with Crippen LogP contribution >= 0.6 is 0 Å². The molecule has 0 N–H and O–H groups in total. The molecule has 5 nitrogen and oxygen atoms in total. The van der Waals surface area contributed by atoms with Gasteiger partial charge in [0.15, 0.2) is 0 Å². The van der Waals surface area contributed by atoms with Crippen LogP contribution in [0, 0.1) is 13.8 Å². The minimum Gasteiger partial charge on any atom is -0.340 e. The molecule has 0 aliphatic carbocycles. The van der Waals surface area contributed by atoms with Crippen LogP contribution in [-0.4, -0.2) is 54.8 Å². The van der Waals surface area contributed by atoms with Gasteiger partial charge in [0, 0.05) is 37.1 Å². The van der Waals surface area contributed by atoms with E-state index in [1.165, 1.54) is 0 Å². The molecular weight excluding hydrogens is 398 g/mol. The monoisotopic (exact) mass is 427 g/mol. The second-order valence-electron chi connectivity index (χ2n) is 9.10. The fraction of sp³-hybridized carbons (Fsp3) is 0.333. The second-order valence-corrected chi connectivity index (χ2v) is 9.10. The van der Waals surface area contributed by atoms with E-state index in [0.29, 0.717) is 6.42 Å². The number of benzene rings is 3. The van der Waals surface area contributed by atoms with E-state index in [1.54, 1.807) is 0 Å². The van der Waals surface area contributed by atoms with Gasteiger partial charge in [-0.15, -0.1) is 0 Å². The molecule has 0 radical (unpaired) electrons. The van der Waals surface area contributed by atoms with E-state index in [9.17, 15) is 9.59 Å². The molecule has 0 saturated carbocycles. The molecule has 2 aliphatic heterocycles. The summed E-state index contributed by atoms with van der Waals surface area (Å²) in [4.78, 5) is 33.1. The quantitative estimate of drug-likeness (QED) is 0.625. The first-order chi connectivity index (χ1) is 15.4. The Morgan fingerprint density at radius 3 is 2.41 bits per heavy atom. The summed E-state index contributed by atoms with van der Waals surface area (Å²) in [6.07, 6.45) is 0.300. The number of amides is 2. The summed E-state index contributed by atoms with van der Waals surface area (Å²) in [5, 5.41) is 2.12. The van der Waals surface area contributed by atoms with Crippen molar-refractivity contribution >= 4 is 28.3 Å². The number of piperazine rings is 1. The van der Waals surface area contributed by atoms with E-state index >= 15 is 0 Å². The predicted octanol–water partition coefficient (Wildman–Crippen LogP) is 4.32. The SMILES string of the molecule is Cc1cc2c(cc1C)C(CC(=O)N1CCN(C)CC1)N(c1cccc3ccccc13)C2=O. The average molecular weight is 428 g/mol. The molecule has 1 fully saturated rings. The molecule has 0 aromatic heterocycles. The topological polar surface area (TPSA) is 43.9 Å². The van der Waals surface area contributed by atoms with Gasteiger partial charge in [0.2, 0.25) is 5.91 Å². The van der Waals surface area contributed by atoms with Crippen LogP contribution in [-0.2, 0) is 4.79 Å². The summed E-state index contributed by atoms with van der Waals surface area (Å²) >= 11 is 0. The molecule has 32 heavy (non-hydrogen) atoms. The summed E-state index contributed by atoms with van der Waals surface area (Å²) in [6, 6.07) is 18.0. The Morgan fingerprint density at radius 1 is 0.938 bits per heavy atom. The number of carbonyl (C=O) groups excluding carboxylic acids is 2. The van der Waals surface area contributed by atoms with E-state index in [2.05, 4.69) is 43.1 Å².